The molecule has 0 atom stereocenters. The van der Waals surface area contributed by atoms with Gasteiger partial charge in [-0.2, -0.15) is 0 Å². The molecule has 0 saturated carbocycles. The van der Waals surface area contributed by atoms with Gasteiger partial charge in [0.2, 0.25) is 0 Å². The second-order valence-corrected chi connectivity index (χ2v) is 5.29. The molecule has 0 spiro atoms. The molecule has 1 rings (SSSR count). The maximum absolute atomic E-state index is 10.6. The third-order valence-corrected chi connectivity index (χ3v) is 3.25. The molecule has 94 valence electrons. The minimum Gasteiger partial charge on any atom is -0.465 e. The van der Waals surface area contributed by atoms with Crippen molar-refractivity contribution in [3.8, 4) is 0 Å². The summed E-state index contributed by atoms with van der Waals surface area (Å²) in [6.07, 6.45) is -0.973. The Hall–Kier alpha value is -1.51. The van der Waals surface area contributed by atoms with Crippen LogP contribution in [-0.2, 0) is 5.41 Å². The molecule has 0 radical (unpaired) electrons. The van der Waals surface area contributed by atoms with Gasteiger partial charge in [0.05, 0.1) is 0 Å². The Morgan fingerprint density at radius 1 is 1.18 bits per heavy atom. The summed E-state index contributed by atoms with van der Waals surface area (Å²) in [5.41, 5.74) is 4.74. The van der Waals surface area contributed by atoms with Crippen molar-refractivity contribution in [2.45, 2.75) is 40.0 Å². The summed E-state index contributed by atoms with van der Waals surface area (Å²) in [5, 5.41) is 11.1. The molecule has 1 aromatic rings. The Morgan fingerprint density at radius 2 is 1.71 bits per heavy atom. The van der Waals surface area contributed by atoms with Crippen LogP contribution in [0.5, 0.6) is 0 Å². The second-order valence-electron chi connectivity index (χ2n) is 5.29. The summed E-state index contributed by atoms with van der Waals surface area (Å²) >= 11 is 0. The molecule has 1 amide bonds. The zero-order chi connectivity index (χ0) is 13.2. The van der Waals surface area contributed by atoms with E-state index in [-0.39, 0.29) is 5.41 Å². The number of benzene rings is 1. The van der Waals surface area contributed by atoms with Crippen LogP contribution in [0.4, 0.5) is 4.79 Å². The number of hydrogen-bond acceptors (Lipinski definition) is 1. The van der Waals surface area contributed by atoms with E-state index in [1.807, 2.05) is 0 Å². The smallest absolute Gasteiger partial charge is 0.404 e. The summed E-state index contributed by atoms with van der Waals surface area (Å²) in [5.74, 6) is 0. The van der Waals surface area contributed by atoms with Crippen molar-refractivity contribution in [3.63, 3.8) is 0 Å². The fourth-order valence-corrected chi connectivity index (χ4v) is 2.08. The summed E-state index contributed by atoms with van der Waals surface area (Å²) in [4.78, 5) is 10.6. The van der Waals surface area contributed by atoms with Crippen molar-refractivity contribution in [3.05, 3.63) is 34.4 Å². The van der Waals surface area contributed by atoms with Crippen LogP contribution >= 0.6 is 0 Å². The van der Waals surface area contributed by atoms with Gasteiger partial charge in [0.25, 0.3) is 0 Å². The Labute approximate surface area is 103 Å². The molecule has 3 nitrogen and oxygen atoms in total. The van der Waals surface area contributed by atoms with Gasteiger partial charge in [0.1, 0.15) is 0 Å². The maximum Gasteiger partial charge on any atom is 0.404 e. The van der Waals surface area contributed by atoms with Gasteiger partial charge in [-0.25, -0.2) is 4.79 Å². The average molecular weight is 235 g/mol. The van der Waals surface area contributed by atoms with E-state index < -0.39 is 6.09 Å². The predicted octanol–water partition coefficient (Wildman–Crippen LogP) is 3.16. The molecule has 0 aromatic heterocycles. The maximum atomic E-state index is 10.6. The molecular weight excluding hydrogens is 214 g/mol. The van der Waals surface area contributed by atoms with E-state index in [1.54, 1.807) is 0 Å². The highest BCUT2D eigenvalue weighted by Crippen LogP contribution is 2.28. The van der Waals surface area contributed by atoms with Crippen molar-refractivity contribution < 1.29 is 9.90 Å². The van der Waals surface area contributed by atoms with Crippen molar-refractivity contribution in [1.29, 1.82) is 0 Å². The Balaban J connectivity index is 3.05. The van der Waals surface area contributed by atoms with Gasteiger partial charge in [-0.15, -0.1) is 0 Å². The largest absolute Gasteiger partial charge is 0.465 e. The first-order chi connectivity index (χ1) is 7.74. The second kappa shape index (κ2) is 4.78. The number of hydrogen-bond donors (Lipinski definition) is 2. The number of carboxylic acid groups (broad SMARTS) is 1. The first-order valence-electron chi connectivity index (χ1n) is 5.79. The molecule has 0 aliphatic carbocycles. The highest BCUT2D eigenvalue weighted by atomic mass is 16.4. The van der Waals surface area contributed by atoms with Crippen LogP contribution in [0.2, 0.25) is 0 Å². The zero-order valence-corrected chi connectivity index (χ0v) is 11.2. The Bertz CT molecular complexity index is 436. The lowest BCUT2D eigenvalue weighted by Gasteiger charge is -2.27. The van der Waals surface area contributed by atoms with Gasteiger partial charge in [-0.3, -0.25) is 0 Å². The van der Waals surface area contributed by atoms with Crippen LogP contribution < -0.4 is 5.32 Å². The highest BCUT2D eigenvalue weighted by molar-refractivity contribution is 5.64. The van der Waals surface area contributed by atoms with Crippen LogP contribution in [0.3, 0.4) is 0 Å². The number of rotatable bonds is 3. The lowest BCUT2D eigenvalue weighted by atomic mass is 9.80. The normalized spacial score (nSPS) is 11.4. The summed E-state index contributed by atoms with van der Waals surface area (Å²) in [6, 6.07) is 4.32. The van der Waals surface area contributed by atoms with Crippen LogP contribution in [0.25, 0.3) is 0 Å². The first kappa shape index (κ1) is 13.6. The summed E-state index contributed by atoms with van der Waals surface area (Å²) < 4.78 is 0. The molecule has 0 heterocycles. The van der Waals surface area contributed by atoms with Crippen LogP contribution in [-0.4, -0.2) is 17.7 Å². The number of aryl methyl sites for hydroxylation is 3. The Kier molecular flexibility index (Phi) is 3.81. The molecule has 0 saturated heterocycles. The van der Waals surface area contributed by atoms with Gasteiger partial charge in [0.15, 0.2) is 0 Å². The van der Waals surface area contributed by atoms with E-state index in [9.17, 15) is 4.79 Å². The van der Waals surface area contributed by atoms with Crippen molar-refractivity contribution in [2.75, 3.05) is 6.54 Å². The number of amides is 1. The van der Waals surface area contributed by atoms with Gasteiger partial charge < -0.3 is 10.4 Å². The minimum absolute atomic E-state index is 0.194. The number of carbonyl (C=O) groups is 1. The van der Waals surface area contributed by atoms with Crippen LogP contribution in [0.15, 0.2) is 12.1 Å². The zero-order valence-electron chi connectivity index (χ0n) is 11.2. The molecule has 2 N–H and O–H groups in total. The third-order valence-electron chi connectivity index (χ3n) is 3.25. The fraction of sp³-hybridized carbons (Fsp3) is 0.500. The van der Waals surface area contributed by atoms with Crippen molar-refractivity contribution in [1.82, 2.24) is 5.32 Å². The van der Waals surface area contributed by atoms with Crippen LogP contribution in [0, 0.1) is 20.8 Å². The quantitative estimate of drug-likeness (QED) is 0.845. The monoisotopic (exact) mass is 235 g/mol. The highest BCUT2D eigenvalue weighted by Gasteiger charge is 2.23. The van der Waals surface area contributed by atoms with E-state index in [0.717, 1.165) is 0 Å². The molecule has 17 heavy (non-hydrogen) atoms. The van der Waals surface area contributed by atoms with Gasteiger partial charge in [0, 0.05) is 12.0 Å². The Morgan fingerprint density at radius 3 is 2.24 bits per heavy atom. The van der Waals surface area contributed by atoms with Crippen molar-refractivity contribution in [2.24, 2.45) is 0 Å². The van der Waals surface area contributed by atoms with E-state index in [0.29, 0.717) is 6.54 Å². The third kappa shape index (κ3) is 3.22. The molecule has 3 heteroatoms. The van der Waals surface area contributed by atoms with E-state index >= 15 is 0 Å². The average Bonchev–Trinajstić information content (AvgIpc) is 2.20. The molecule has 0 bridgehead atoms. The van der Waals surface area contributed by atoms with Gasteiger partial charge in [-0.1, -0.05) is 26.0 Å². The van der Waals surface area contributed by atoms with Gasteiger partial charge in [-0.05, 0) is 43.0 Å². The lowest BCUT2D eigenvalue weighted by molar-refractivity contribution is 0.192. The van der Waals surface area contributed by atoms with Crippen LogP contribution in [0.1, 0.15) is 36.1 Å². The molecule has 0 aliphatic heterocycles. The molecular formula is C14H21NO2. The fourth-order valence-electron chi connectivity index (χ4n) is 2.08. The summed E-state index contributed by atoms with van der Waals surface area (Å²) in [6.45, 7) is 10.8. The summed E-state index contributed by atoms with van der Waals surface area (Å²) in [7, 11) is 0. The minimum atomic E-state index is -0.973. The van der Waals surface area contributed by atoms with E-state index in [1.165, 1.54) is 22.3 Å². The van der Waals surface area contributed by atoms with Gasteiger partial charge >= 0.3 is 6.09 Å². The van der Waals surface area contributed by atoms with Crippen molar-refractivity contribution >= 4 is 6.09 Å². The molecule has 1 aromatic carbocycles. The van der Waals surface area contributed by atoms with E-state index in [2.05, 4.69) is 52.1 Å². The molecule has 0 unspecified atom stereocenters. The number of nitrogens with one attached hydrogen (secondary N) is 1. The standard InChI is InChI=1S/C14H21NO2/c1-9-6-11(3)12(7-10(9)2)14(4,5)8-15-13(16)17/h6-7,15H,8H2,1-5H3,(H,16,17). The first-order valence-corrected chi connectivity index (χ1v) is 5.79. The molecule has 0 fully saturated rings. The lowest BCUT2D eigenvalue weighted by Crippen LogP contribution is -2.36. The predicted molar refractivity (Wildman–Crippen MR) is 69.7 cm³/mol. The SMILES string of the molecule is Cc1cc(C)c(C(C)(C)CNC(=O)O)cc1C. The van der Waals surface area contributed by atoms with E-state index in [4.69, 9.17) is 5.11 Å². The topological polar surface area (TPSA) is 49.3 Å². The molecule has 0 aliphatic rings.